The van der Waals surface area contributed by atoms with E-state index in [1.807, 2.05) is 24.3 Å². The van der Waals surface area contributed by atoms with E-state index in [0.717, 1.165) is 20.2 Å². The molecule has 3 nitrogen and oxygen atoms in total. The van der Waals surface area contributed by atoms with Gasteiger partial charge >= 0.3 is 0 Å². The first kappa shape index (κ1) is 16.1. The predicted octanol–water partition coefficient (Wildman–Crippen LogP) is 4.08. The summed E-state index contributed by atoms with van der Waals surface area (Å²) in [5.41, 5.74) is 1.50. The maximum Gasteiger partial charge on any atom is 0.238 e. The summed E-state index contributed by atoms with van der Waals surface area (Å²) in [5, 5.41) is 5.76. The fraction of sp³-hybridized carbons (Fsp3) is 0.133. The Morgan fingerprint density at radius 1 is 1.10 bits per heavy atom. The van der Waals surface area contributed by atoms with Crippen LogP contribution in [0.15, 0.2) is 51.4 Å². The van der Waals surface area contributed by atoms with Crippen LogP contribution in [0.4, 0.5) is 10.1 Å². The molecule has 2 N–H and O–H groups in total. The van der Waals surface area contributed by atoms with Gasteiger partial charge in [0.15, 0.2) is 0 Å². The maximum absolute atomic E-state index is 13.1. The Bertz CT molecular complexity index is 632. The molecule has 0 atom stereocenters. The van der Waals surface area contributed by atoms with Crippen molar-refractivity contribution in [3.8, 4) is 0 Å². The number of nitrogens with one attached hydrogen (secondary N) is 2. The second-order valence-corrected chi connectivity index (χ2v) is 6.16. The van der Waals surface area contributed by atoms with Gasteiger partial charge in [-0.15, -0.1) is 0 Å². The van der Waals surface area contributed by atoms with Crippen molar-refractivity contribution in [1.29, 1.82) is 0 Å². The number of halogens is 3. The van der Waals surface area contributed by atoms with Crippen LogP contribution in [0, 0.1) is 5.82 Å². The Balaban J connectivity index is 1.81. The smallest absolute Gasteiger partial charge is 0.238 e. The summed E-state index contributed by atoms with van der Waals surface area (Å²) < 4.78 is 14.9. The maximum atomic E-state index is 13.1. The molecule has 2 rings (SSSR count). The normalized spacial score (nSPS) is 10.4. The van der Waals surface area contributed by atoms with Gasteiger partial charge in [-0.3, -0.25) is 4.79 Å². The van der Waals surface area contributed by atoms with Crippen molar-refractivity contribution < 1.29 is 9.18 Å². The summed E-state index contributed by atoms with van der Waals surface area (Å²) in [7, 11) is 0. The molecule has 0 aliphatic heterocycles. The minimum atomic E-state index is -0.297. The summed E-state index contributed by atoms with van der Waals surface area (Å²) in [6.07, 6.45) is 0. The van der Waals surface area contributed by atoms with E-state index in [1.54, 1.807) is 6.07 Å². The summed E-state index contributed by atoms with van der Waals surface area (Å²) in [5.74, 6) is -0.445. The fourth-order valence-electron chi connectivity index (χ4n) is 1.73. The van der Waals surface area contributed by atoms with Crippen molar-refractivity contribution in [3.05, 3.63) is 62.8 Å². The fourth-order valence-corrected chi connectivity index (χ4v) is 2.38. The van der Waals surface area contributed by atoms with Crippen LogP contribution in [0.1, 0.15) is 5.56 Å². The van der Waals surface area contributed by atoms with Gasteiger partial charge in [0.2, 0.25) is 5.91 Å². The van der Waals surface area contributed by atoms with E-state index < -0.39 is 0 Å². The zero-order chi connectivity index (χ0) is 15.2. The van der Waals surface area contributed by atoms with Crippen LogP contribution in [-0.4, -0.2) is 12.5 Å². The molecule has 0 aliphatic rings. The molecule has 0 saturated heterocycles. The van der Waals surface area contributed by atoms with Crippen molar-refractivity contribution in [3.63, 3.8) is 0 Å². The number of hydrogen-bond acceptors (Lipinski definition) is 2. The average molecular weight is 416 g/mol. The van der Waals surface area contributed by atoms with Crippen LogP contribution in [0.5, 0.6) is 0 Å². The van der Waals surface area contributed by atoms with Crippen LogP contribution < -0.4 is 10.6 Å². The molecule has 21 heavy (non-hydrogen) atoms. The van der Waals surface area contributed by atoms with Crippen LogP contribution in [-0.2, 0) is 11.3 Å². The SMILES string of the molecule is O=C(CNCc1cc(F)ccc1Br)Nc1ccc(Br)cc1. The summed E-state index contributed by atoms with van der Waals surface area (Å²) in [6, 6.07) is 11.8. The standard InChI is InChI=1S/C15H13Br2FN2O/c16-11-1-4-13(5-2-11)20-15(21)9-19-8-10-7-12(18)3-6-14(10)17/h1-7,19H,8-9H2,(H,20,21). The number of anilines is 1. The number of amides is 1. The first-order chi connectivity index (χ1) is 10.0. The first-order valence-corrected chi connectivity index (χ1v) is 7.83. The molecular formula is C15H13Br2FN2O. The van der Waals surface area contributed by atoms with Crippen molar-refractivity contribution in [2.75, 3.05) is 11.9 Å². The first-order valence-electron chi connectivity index (χ1n) is 6.24. The van der Waals surface area contributed by atoms with Gasteiger partial charge in [0.1, 0.15) is 5.82 Å². The third-order valence-electron chi connectivity index (χ3n) is 2.74. The Kier molecular flexibility index (Phi) is 5.90. The van der Waals surface area contributed by atoms with E-state index in [0.29, 0.717) is 6.54 Å². The molecule has 0 heterocycles. The van der Waals surface area contributed by atoms with E-state index in [4.69, 9.17) is 0 Å². The molecule has 0 radical (unpaired) electrons. The van der Waals surface area contributed by atoms with Gasteiger partial charge in [-0.25, -0.2) is 4.39 Å². The number of hydrogen-bond donors (Lipinski definition) is 2. The molecule has 0 spiro atoms. The summed E-state index contributed by atoms with van der Waals surface area (Å²) >= 11 is 6.68. The van der Waals surface area contributed by atoms with Gasteiger partial charge in [0, 0.05) is 21.2 Å². The van der Waals surface area contributed by atoms with Gasteiger partial charge in [0.25, 0.3) is 0 Å². The highest BCUT2D eigenvalue weighted by atomic mass is 79.9. The lowest BCUT2D eigenvalue weighted by atomic mass is 10.2. The minimum absolute atomic E-state index is 0.148. The van der Waals surface area contributed by atoms with Crippen molar-refractivity contribution in [2.24, 2.45) is 0 Å². The van der Waals surface area contributed by atoms with Crippen molar-refractivity contribution >= 4 is 43.5 Å². The summed E-state index contributed by atoms with van der Waals surface area (Å²) in [6.45, 7) is 0.561. The van der Waals surface area contributed by atoms with Crippen LogP contribution >= 0.6 is 31.9 Å². The molecule has 0 fully saturated rings. The van der Waals surface area contributed by atoms with Crippen molar-refractivity contribution in [1.82, 2.24) is 5.32 Å². The largest absolute Gasteiger partial charge is 0.325 e. The van der Waals surface area contributed by atoms with Crippen LogP contribution in [0.25, 0.3) is 0 Å². The molecule has 2 aromatic carbocycles. The van der Waals surface area contributed by atoms with E-state index >= 15 is 0 Å². The topological polar surface area (TPSA) is 41.1 Å². The lowest BCUT2D eigenvalue weighted by Gasteiger charge is -2.08. The molecule has 110 valence electrons. The second kappa shape index (κ2) is 7.68. The number of carbonyl (C=O) groups is 1. The number of benzene rings is 2. The lowest BCUT2D eigenvalue weighted by molar-refractivity contribution is -0.115. The minimum Gasteiger partial charge on any atom is -0.325 e. The quantitative estimate of drug-likeness (QED) is 0.772. The van der Waals surface area contributed by atoms with E-state index in [2.05, 4.69) is 42.5 Å². The van der Waals surface area contributed by atoms with Gasteiger partial charge in [-0.1, -0.05) is 31.9 Å². The monoisotopic (exact) mass is 414 g/mol. The van der Waals surface area contributed by atoms with E-state index in [9.17, 15) is 9.18 Å². The van der Waals surface area contributed by atoms with Crippen LogP contribution in [0.2, 0.25) is 0 Å². The van der Waals surface area contributed by atoms with E-state index in [1.165, 1.54) is 12.1 Å². The average Bonchev–Trinajstić information content (AvgIpc) is 2.45. The van der Waals surface area contributed by atoms with Crippen molar-refractivity contribution in [2.45, 2.75) is 6.54 Å². The zero-order valence-corrected chi connectivity index (χ0v) is 14.2. The lowest BCUT2D eigenvalue weighted by Crippen LogP contribution is -2.27. The Morgan fingerprint density at radius 2 is 1.81 bits per heavy atom. The summed E-state index contributed by atoms with van der Waals surface area (Å²) in [4.78, 5) is 11.8. The molecule has 0 saturated carbocycles. The zero-order valence-electron chi connectivity index (χ0n) is 11.0. The number of rotatable bonds is 5. The predicted molar refractivity (Wildman–Crippen MR) is 88.6 cm³/mol. The highest BCUT2D eigenvalue weighted by Gasteiger charge is 2.04. The third-order valence-corrected chi connectivity index (χ3v) is 4.04. The molecule has 2 aromatic rings. The van der Waals surface area contributed by atoms with Gasteiger partial charge in [-0.05, 0) is 48.0 Å². The molecule has 0 aliphatic carbocycles. The molecule has 0 bridgehead atoms. The molecule has 0 unspecified atom stereocenters. The van der Waals surface area contributed by atoms with Gasteiger partial charge in [0.05, 0.1) is 6.54 Å². The van der Waals surface area contributed by atoms with Gasteiger partial charge in [-0.2, -0.15) is 0 Å². The highest BCUT2D eigenvalue weighted by molar-refractivity contribution is 9.10. The molecule has 0 aromatic heterocycles. The molecule has 1 amide bonds. The van der Waals surface area contributed by atoms with Crippen LogP contribution in [0.3, 0.4) is 0 Å². The number of carbonyl (C=O) groups excluding carboxylic acids is 1. The molecular weight excluding hydrogens is 403 g/mol. The molecule has 6 heteroatoms. The van der Waals surface area contributed by atoms with Gasteiger partial charge < -0.3 is 10.6 Å². The third kappa shape index (κ3) is 5.22. The Labute approximate surface area is 139 Å². The second-order valence-electron chi connectivity index (χ2n) is 4.39. The van der Waals surface area contributed by atoms with E-state index in [-0.39, 0.29) is 18.3 Å². The highest BCUT2D eigenvalue weighted by Crippen LogP contribution is 2.17. The Hall–Kier alpha value is -1.24. The Morgan fingerprint density at radius 3 is 2.52 bits per heavy atom.